The molecule has 5 rings (SSSR count). The number of carbonyl (C=O) groups excluding carboxylic acids is 3. The number of nitrogens with zero attached hydrogens (tertiary/aromatic N) is 2. The summed E-state index contributed by atoms with van der Waals surface area (Å²) < 4.78 is 38.3. The van der Waals surface area contributed by atoms with Gasteiger partial charge in [-0.25, -0.2) is 12.7 Å². The summed E-state index contributed by atoms with van der Waals surface area (Å²) in [5.74, 6) is -1.41. The van der Waals surface area contributed by atoms with Crippen molar-refractivity contribution in [2.45, 2.75) is 43.2 Å². The molecule has 3 aromatic rings. The Balaban J connectivity index is 1.50. The Kier molecular flexibility index (Phi) is 9.12. The van der Waals surface area contributed by atoms with Gasteiger partial charge in [-0.05, 0) is 67.1 Å². The Morgan fingerprint density at radius 2 is 1.86 bits per heavy atom. The van der Waals surface area contributed by atoms with E-state index < -0.39 is 40.3 Å². The normalized spacial score (nSPS) is 17.8. The van der Waals surface area contributed by atoms with Gasteiger partial charge in [-0.1, -0.05) is 48.5 Å². The van der Waals surface area contributed by atoms with E-state index in [0.29, 0.717) is 28.6 Å². The van der Waals surface area contributed by atoms with Crippen molar-refractivity contribution in [1.82, 2.24) is 14.5 Å². The SMILES string of the molecule is COc1cccc([C@@H](C(=O)NC[C@@H]2CCCO2)N(CCc2ccccc2C)C(=O)CN2C(=O)c3ccccc3S2(=O)=O)c1. The summed E-state index contributed by atoms with van der Waals surface area (Å²) >= 11 is 0. The fraction of sp³-hybridized carbons (Fsp3) is 0.344. The van der Waals surface area contributed by atoms with Crippen LogP contribution < -0.4 is 10.1 Å². The number of fused-ring (bicyclic) bond motifs is 1. The summed E-state index contributed by atoms with van der Waals surface area (Å²) in [5.41, 5.74) is 2.49. The quantitative estimate of drug-likeness (QED) is 0.356. The van der Waals surface area contributed by atoms with Gasteiger partial charge in [0.05, 0.1) is 18.8 Å². The smallest absolute Gasteiger partial charge is 0.269 e. The second-order valence-electron chi connectivity index (χ2n) is 10.6. The average molecular weight is 606 g/mol. The standard InChI is InChI=1S/C32H35N3O7S/c1-22-9-3-4-10-23(22)16-17-34(29(36)21-35-32(38)27-14-5-6-15-28(27)43(35,39)40)30(24-11-7-12-25(19-24)41-2)31(37)33-20-26-13-8-18-42-26/h3-7,9-12,14-15,19,26,30H,8,13,16-18,20-21H2,1-2H3,(H,33,37)/t26-,30-/m0/s1. The fourth-order valence-corrected chi connectivity index (χ4v) is 7.05. The molecule has 0 aromatic heterocycles. The number of aryl methyl sites for hydroxylation is 1. The molecule has 2 aliphatic rings. The van der Waals surface area contributed by atoms with E-state index in [2.05, 4.69) is 5.32 Å². The molecule has 1 saturated heterocycles. The predicted octanol–water partition coefficient (Wildman–Crippen LogP) is 3.26. The van der Waals surface area contributed by atoms with Crippen LogP contribution in [0.2, 0.25) is 0 Å². The summed E-state index contributed by atoms with van der Waals surface area (Å²) in [5, 5.41) is 2.94. The van der Waals surface area contributed by atoms with Crippen molar-refractivity contribution in [2.75, 3.05) is 33.4 Å². The van der Waals surface area contributed by atoms with E-state index in [9.17, 15) is 22.8 Å². The van der Waals surface area contributed by atoms with Crippen molar-refractivity contribution < 1.29 is 32.3 Å². The largest absolute Gasteiger partial charge is 0.497 e. The molecule has 0 radical (unpaired) electrons. The lowest BCUT2D eigenvalue weighted by atomic mass is 10.0. The van der Waals surface area contributed by atoms with Gasteiger partial charge in [0.15, 0.2) is 0 Å². The van der Waals surface area contributed by atoms with Crippen molar-refractivity contribution in [3.8, 4) is 5.75 Å². The third-order valence-corrected chi connectivity index (χ3v) is 9.68. The molecule has 1 fully saturated rings. The number of hydrogen-bond acceptors (Lipinski definition) is 7. The first-order valence-corrected chi connectivity index (χ1v) is 15.7. The molecule has 0 aliphatic carbocycles. The van der Waals surface area contributed by atoms with Gasteiger partial charge in [0.25, 0.3) is 15.9 Å². The van der Waals surface area contributed by atoms with E-state index in [1.54, 1.807) is 30.3 Å². The third-order valence-electron chi connectivity index (χ3n) is 7.89. The van der Waals surface area contributed by atoms with Gasteiger partial charge < -0.3 is 19.7 Å². The topological polar surface area (TPSA) is 122 Å². The van der Waals surface area contributed by atoms with Crippen molar-refractivity contribution >= 4 is 27.7 Å². The van der Waals surface area contributed by atoms with Crippen LogP contribution in [0.5, 0.6) is 5.75 Å². The summed E-state index contributed by atoms with van der Waals surface area (Å²) in [6, 6.07) is 19.3. The van der Waals surface area contributed by atoms with E-state index in [1.807, 2.05) is 31.2 Å². The summed E-state index contributed by atoms with van der Waals surface area (Å²) in [7, 11) is -2.73. The highest BCUT2D eigenvalue weighted by molar-refractivity contribution is 7.90. The average Bonchev–Trinajstić information content (AvgIpc) is 3.60. The maximum Gasteiger partial charge on any atom is 0.269 e. The van der Waals surface area contributed by atoms with Crippen LogP contribution in [0, 0.1) is 6.92 Å². The molecule has 226 valence electrons. The number of hydrogen-bond donors (Lipinski definition) is 1. The molecule has 0 spiro atoms. The molecule has 0 bridgehead atoms. The summed E-state index contributed by atoms with van der Waals surface area (Å²) in [4.78, 5) is 42.5. The second kappa shape index (κ2) is 13.0. The number of amides is 3. The number of benzene rings is 3. The van der Waals surface area contributed by atoms with Gasteiger partial charge in [-0.3, -0.25) is 14.4 Å². The van der Waals surface area contributed by atoms with Crippen LogP contribution in [0.3, 0.4) is 0 Å². The molecular formula is C32H35N3O7S. The van der Waals surface area contributed by atoms with Crippen molar-refractivity contribution in [3.63, 3.8) is 0 Å². The highest BCUT2D eigenvalue weighted by atomic mass is 32.2. The zero-order valence-corrected chi connectivity index (χ0v) is 25.0. The minimum Gasteiger partial charge on any atom is -0.497 e. The van der Waals surface area contributed by atoms with Gasteiger partial charge >= 0.3 is 0 Å². The van der Waals surface area contributed by atoms with Gasteiger partial charge in [0.2, 0.25) is 11.8 Å². The minimum absolute atomic E-state index is 0.0143. The van der Waals surface area contributed by atoms with Gasteiger partial charge in [0.1, 0.15) is 23.2 Å². The van der Waals surface area contributed by atoms with Crippen LogP contribution in [0.25, 0.3) is 0 Å². The molecule has 3 amide bonds. The van der Waals surface area contributed by atoms with Crippen LogP contribution in [0.4, 0.5) is 0 Å². The molecule has 2 aliphatic heterocycles. The van der Waals surface area contributed by atoms with Crippen LogP contribution in [0.15, 0.2) is 77.7 Å². The van der Waals surface area contributed by atoms with E-state index in [-0.39, 0.29) is 29.7 Å². The Bertz CT molecular complexity index is 1620. The number of carbonyl (C=O) groups is 3. The number of sulfonamides is 1. The molecule has 0 unspecified atom stereocenters. The number of methoxy groups -OCH3 is 1. The molecule has 0 saturated carbocycles. The lowest BCUT2D eigenvalue weighted by Crippen LogP contribution is -2.49. The number of rotatable bonds is 11. The first-order chi connectivity index (χ1) is 20.7. The van der Waals surface area contributed by atoms with E-state index in [0.717, 1.165) is 24.0 Å². The number of nitrogens with one attached hydrogen (secondary N) is 1. The van der Waals surface area contributed by atoms with E-state index >= 15 is 0 Å². The molecule has 3 aromatic carbocycles. The maximum absolute atomic E-state index is 14.2. The van der Waals surface area contributed by atoms with Crippen molar-refractivity contribution in [2.24, 2.45) is 0 Å². The molecule has 10 nitrogen and oxygen atoms in total. The van der Waals surface area contributed by atoms with Crippen LogP contribution in [-0.2, 0) is 30.8 Å². The molecule has 2 atom stereocenters. The van der Waals surface area contributed by atoms with Gasteiger partial charge in [-0.15, -0.1) is 0 Å². The Morgan fingerprint density at radius 3 is 2.58 bits per heavy atom. The van der Waals surface area contributed by atoms with Crippen LogP contribution >= 0.6 is 0 Å². The first-order valence-electron chi connectivity index (χ1n) is 14.2. The molecule has 43 heavy (non-hydrogen) atoms. The van der Waals surface area contributed by atoms with Crippen LogP contribution in [0.1, 0.15) is 45.9 Å². The van der Waals surface area contributed by atoms with E-state index in [4.69, 9.17) is 9.47 Å². The lowest BCUT2D eigenvalue weighted by molar-refractivity contribution is -0.141. The van der Waals surface area contributed by atoms with Gasteiger partial charge in [-0.2, -0.15) is 0 Å². The van der Waals surface area contributed by atoms with Crippen molar-refractivity contribution in [1.29, 1.82) is 0 Å². The Labute approximate surface area is 251 Å². The second-order valence-corrected chi connectivity index (χ2v) is 12.5. The zero-order valence-electron chi connectivity index (χ0n) is 24.2. The molecule has 1 N–H and O–H groups in total. The van der Waals surface area contributed by atoms with E-state index in [1.165, 1.54) is 30.2 Å². The third kappa shape index (κ3) is 6.42. The zero-order chi connectivity index (χ0) is 30.6. The predicted molar refractivity (Wildman–Crippen MR) is 159 cm³/mol. The number of ether oxygens (including phenoxy) is 2. The lowest BCUT2D eigenvalue weighted by Gasteiger charge is -2.33. The fourth-order valence-electron chi connectivity index (χ4n) is 5.53. The van der Waals surface area contributed by atoms with Gasteiger partial charge in [0, 0.05) is 19.7 Å². The van der Waals surface area contributed by atoms with Crippen molar-refractivity contribution in [3.05, 3.63) is 95.1 Å². The Hall–Kier alpha value is -4.22. The molecular weight excluding hydrogens is 570 g/mol. The highest BCUT2D eigenvalue weighted by Gasteiger charge is 2.43. The maximum atomic E-state index is 14.2. The molecule has 2 heterocycles. The highest BCUT2D eigenvalue weighted by Crippen LogP contribution is 2.31. The summed E-state index contributed by atoms with van der Waals surface area (Å²) in [6.45, 7) is 2.20. The minimum atomic E-state index is -4.24. The Morgan fingerprint density at radius 1 is 1.09 bits per heavy atom. The monoisotopic (exact) mass is 605 g/mol. The first kappa shape index (κ1) is 30.2. The molecule has 11 heteroatoms. The van der Waals surface area contributed by atoms with Crippen LogP contribution in [-0.4, -0.2) is 74.8 Å². The summed E-state index contributed by atoms with van der Waals surface area (Å²) in [6.07, 6.45) is 1.99.